The molecule has 4 nitrogen and oxygen atoms in total. The van der Waals surface area contributed by atoms with E-state index in [9.17, 15) is 0 Å². The molecule has 86 valence electrons. The predicted octanol–water partition coefficient (Wildman–Crippen LogP) is 1.78. The first kappa shape index (κ1) is 10.0. The summed E-state index contributed by atoms with van der Waals surface area (Å²) in [4.78, 5) is 9.29. The second-order valence-corrected chi connectivity index (χ2v) is 5.03. The third-order valence-electron chi connectivity index (χ3n) is 3.14. The van der Waals surface area contributed by atoms with Crippen LogP contribution in [0.1, 0.15) is 49.7 Å². The fourth-order valence-electron chi connectivity index (χ4n) is 1.99. The zero-order chi connectivity index (χ0) is 11.1. The number of fused-ring (bicyclic) bond motifs is 1. The van der Waals surface area contributed by atoms with E-state index in [2.05, 4.69) is 34.4 Å². The van der Waals surface area contributed by atoms with Crippen LogP contribution in [-0.4, -0.2) is 16.0 Å². The van der Waals surface area contributed by atoms with E-state index in [0.29, 0.717) is 12.0 Å². The van der Waals surface area contributed by atoms with Crippen molar-refractivity contribution < 1.29 is 0 Å². The zero-order valence-electron chi connectivity index (χ0n) is 9.88. The molecule has 1 saturated carbocycles. The van der Waals surface area contributed by atoms with Crippen LogP contribution in [0.15, 0.2) is 0 Å². The van der Waals surface area contributed by atoms with Gasteiger partial charge in [-0.15, -0.1) is 0 Å². The lowest BCUT2D eigenvalue weighted by Crippen LogP contribution is -2.11. The van der Waals surface area contributed by atoms with Gasteiger partial charge in [-0.25, -0.2) is 9.97 Å². The van der Waals surface area contributed by atoms with Gasteiger partial charge >= 0.3 is 0 Å². The van der Waals surface area contributed by atoms with Crippen LogP contribution < -0.4 is 10.6 Å². The highest BCUT2D eigenvalue weighted by molar-refractivity contribution is 5.50. The van der Waals surface area contributed by atoms with E-state index < -0.39 is 0 Å². The summed E-state index contributed by atoms with van der Waals surface area (Å²) in [6.45, 7) is 6.08. The Balaban J connectivity index is 1.99. The van der Waals surface area contributed by atoms with Crippen LogP contribution in [0.2, 0.25) is 0 Å². The van der Waals surface area contributed by atoms with Crippen molar-refractivity contribution in [2.75, 3.05) is 5.32 Å². The van der Waals surface area contributed by atoms with Gasteiger partial charge in [0.1, 0.15) is 11.6 Å². The van der Waals surface area contributed by atoms with E-state index in [1.165, 1.54) is 24.1 Å². The zero-order valence-corrected chi connectivity index (χ0v) is 9.88. The molecule has 2 heterocycles. The van der Waals surface area contributed by atoms with E-state index in [1.54, 1.807) is 0 Å². The summed E-state index contributed by atoms with van der Waals surface area (Å²) in [6.07, 6.45) is 2.56. The Hall–Kier alpha value is -1.16. The molecule has 1 aliphatic heterocycles. The van der Waals surface area contributed by atoms with Gasteiger partial charge in [-0.05, 0) is 12.8 Å². The van der Waals surface area contributed by atoms with Crippen LogP contribution in [0, 0.1) is 0 Å². The van der Waals surface area contributed by atoms with E-state index in [-0.39, 0.29) is 0 Å². The Kier molecular flexibility index (Phi) is 2.32. The van der Waals surface area contributed by atoms with Gasteiger partial charge in [0.2, 0.25) is 0 Å². The van der Waals surface area contributed by atoms with Crippen LogP contribution in [0.5, 0.6) is 0 Å². The molecular weight excluding hydrogens is 200 g/mol. The smallest absolute Gasteiger partial charge is 0.134 e. The van der Waals surface area contributed by atoms with Crippen molar-refractivity contribution in [3.63, 3.8) is 0 Å². The van der Waals surface area contributed by atoms with Crippen molar-refractivity contribution in [1.29, 1.82) is 0 Å². The van der Waals surface area contributed by atoms with Gasteiger partial charge in [-0.3, -0.25) is 0 Å². The molecule has 16 heavy (non-hydrogen) atoms. The number of anilines is 1. The molecule has 1 aromatic heterocycles. The van der Waals surface area contributed by atoms with Crippen LogP contribution in [0.4, 0.5) is 5.82 Å². The van der Waals surface area contributed by atoms with Crippen molar-refractivity contribution >= 4 is 5.82 Å². The molecule has 3 rings (SSSR count). The number of nitrogens with one attached hydrogen (secondary N) is 2. The van der Waals surface area contributed by atoms with E-state index in [1.807, 2.05) is 0 Å². The summed E-state index contributed by atoms with van der Waals surface area (Å²) < 4.78 is 0. The Morgan fingerprint density at radius 3 is 2.75 bits per heavy atom. The van der Waals surface area contributed by atoms with Gasteiger partial charge in [0.15, 0.2) is 0 Å². The first-order valence-corrected chi connectivity index (χ1v) is 6.11. The van der Waals surface area contributed by atoms with Crippen molar-refractivity contribution in [3.8, 4) is 0 Å². The van der Waals surface area contributed by atoms with Crippen molar-refractivity contribution in [3.05, 3.63) is 17.1 Å². The third-order valence-corrected chi connectivity index (χ3v) is 3.14. The Labute approximate surface area is 95.9 Å². The maximum atomic E-state index is 4.66. The molecule has 2 N–H and O–H groups in total. The topological polar surface area (TPSA) is 49.8 Å². The lowest BCUT2D eigenvalue weighted by Gasteiger charge is -2.12. The third kappa shape index (κ3) is 1.78. The highest BCUT2D eigenvalue weighted by Gasteiger charge is 2.26. The van der Waals surface area contributed by atoms with Crippen molar-refractivity contribution in [2.45, 2.75) is 51.7 Å². The molecule has 1 fully saturated rings. The molecule has 0 spiro atoms. The number of hydrogen-bond acceptors (Lipinski definition) is 4. The quantitative estimate of drug-likeness (QED) is 0.812. The standard InChI is InChI=1S/C12H18N4/c1-7(2)11-15-10-6-13-5-9(10)12(16-11)14-8-3-4-8/h7-8,13H,3-6H2,1-2H3,(H,14,15,16). The summed E-state index contributed by atoms with van der Waals surface area (Å²) in [5.74, 6) is 2.43. The minimum atomic E-state index is 0.394. The lowest BCUT2D eigenvalue weighted by atomic mass is 10.1. The molecule has 0 bridgehead atoms. The number of nitrogens with zero attached hydrogens (tertiary/aromatic N) is 2. The molecule has 0 aromatic carbocycles. The minimum Gasteiger partial charge on any atom is -0.367 e. The second-order valence-electron chi connectivity index (χ2n) is 5.03. The van der Waals surface area contributed by atoms with Crippen LogP contribution >= 0.6 is 0 Å². The number of hydrogen-bond donors (Lipinski definition) is 2. The van der Waals surface area contributed by atoms with Gasteiger partial charge in [-0.2, -0.15) is 0 Å². The summed E-state index contributed by atoms with van der Waals surface area (Å²) in [7, 11) is 0. The largest absolute Gasteiger partial charge is 0.367 e. The monoisotopic (exact) mass is 218 g/mol. The van der Waals surface area contributed by atoms with Crippen molar-refractivity contribution in [2.24, 2.45) is 0 Å². The molecule has 0 atom stereocenters. The highest BCUT2D eigenvalue weighted by atomic mass is 15.1. The summed E-state index contributed by atoms with van der Waals surface area (Å²) in [5.41, 5.74) is 2.46. The van der Waals surface area contributed by atoms with Crippen LogP contribution in [-0.2, 0) is 13.1 Å². The maximum Gasteiger partial charge on any atom is 0.134 e. The Morgan fingerprint density at radius 2 is 2.06 bits per heavy atom. The minimum absolute atomic E-state index is 0.394. The Morgan fingerprint density at radius 1 is 1.25 bits per heavy atom. The lowest BCUT2D eigenvalue weighted by molar-refractivity contribution is 0.741. The molecule has 4 heteroatoms. The SMILES string of the molecule is CC(C)c1nc2c(c(NC3CC3)n1)CNC2. The average Bonchev–Trinajstić information content (AvgIpc) is 2.93. The summed E-state index contributed by atoms with van der Waals surface area (Å²) >= 11 is 0. The molecule has 0 unspecified atom stereocenters. The van der Waals surface area contributed by atoms with E-state index >= 15 is 0 Å². The van der Waals surface area contributed by atoms with Gasteiger partial charge in [-0.1, -0.05) is 13.8 Å². The van der Waals surface area contributed by atoms with Crippen molar-refractivity contribution in [1.82, 2.24) is 15.3 Å². The molecular formula is C12H18N4. The van der Waals surface area contributed by atoms with E-state index in [4.69, 9.17) is 0 Å². The molecule has 0 radical (unpaired) electrons. The van der Waals surface area contributed by atoms with E-state index in [0.717, 1.165) is 24.7 Å². The first-order valence-electron chi connectivity index (χ1n) is 6.11. The molecule has 1 aromatic rings. The predicted molar refractivity (Wildman–Crippen MR) is 63.3 cm³/mol. The van der Waals surface area contributed by atoms with Gasteiger partial charge in [0, 0.05) is 30.6 Å². The van der Waals surface area contributed by atoms with Gasteiger partial charge < -0.3 is 10.6 Å². The molecule has 0 amide bonds. The molecule has 1 aliphatic carbocycles. The van der Waals surface area contributed by atoms with Gasteiger partial charge in [0.05, 0.1) is 5.69 Å². The summed E-state index contributed by atoms with van der Waals surface area (Å²) in [5, 5.41) is 6.87. The normalized spacial score (nSPS) is 18.9. The highest BCUT2D eigenvalue weighted by Crippen LogP contribution is 2.29. The maximum absolute atomic E-state index is 4.66. The molecule has 0 saturated heterocycles. The van der Waals surface area contributed by atoms with Gasteiger partial charge in [0.25, 0.3) is 0 Å². The number of rotatable bonds is 3. The Bertz CT molecular complexity index is 410. The fraction of sp³-hybridized carbons (Fsp3) is 0.667. The number of aromatic nitrogens is 2. The van der Waals surface area contributed by atoms with Crippen LogP contribution in [0.3, 0.4) is 0 Å². The summed E-state index contributed by atoms with van der Waals surface area (Å²) in [6, 6.07) is 0.652. The average molecular weight is 218 g/mol. The van der Waals surface area contributed by atoms with Crippen LogP contribution in [0.25, 0.3) is 0 Å². The fourth-order valence-corrected chi connectivity index (χ4v) is 1.99. The first-order chi connectivity index (χ1) is 7.74. The molecule has 2 aliphatic rings. The second kappa shape index (κ2) is 3.70.